The Morgan fingerprint density at radius 3 is 2.83 bits per heavy atom. The molecule has 18 heavy (non-hydrogen) atoms. The summed E-state index contributed by atoms with van der Waals surface area (Å²) >= 11 is 0. The van der Waals surface area contributed by atoms with Crippen molar-refractivity contribution in [1.82, 2.24) is 0 Å². The first-order valence-electron chi connectivity index (χ1n) is 5.78. The minimum Gasteiger partial charge on any atom is -0.382 e. The number of halogens is 3. The van der Waals surface area contributed by atoms with Crippen molar-refractivity contribution >= 4 is 11.4 Å². The van der Waals surface area contributed by atoms with Gasteiger partial charge in [-0.3, -0.25) is 0 Å². The highest BCUT2D eigenvalue weighted by Crippen LogP contribution is 2.27. The molecule has 2 rings (SSSR count). The van der Waals surface area contributed by atoms with E-state index in [1.807, 2.05) is 29.2 Å². The fraction of sp³-hybridized carbons (Fsp3) is 0.500. The van der Waals surface area contributed by atoms with Gasteiger partial charge in [0.1, 0.15) is 6.61 Å². The molecule has 100 valence electrons. The molecule has 1 aromatic rings. The largest absolute Gasteiger partial charge is 0.411 e. The predicted octanol–water partition coefficient (Wildman–Crippen LogP) is 2.50. The topological polar surface area (TPSA) is 24.5 Å². The van der Waals surface area contributed by atoms with Crippen LogP contribution in [0.1, 0.15) is 0 Å². The number of para-hydroxylation sites is 2. The highest BCUT2D eigenvalue weighted by atomic mass is 19.4. The summed E-state index contributed by atoms with van der Waals surface area (Å²) < 4.78 is 40.4. The van der Waals surface area contributed by atoms with Crippen molar-refractivity contribution in [2.75, 3.05) is 43.1 Å². The molecule has 0 unspecified atom stereocenters. The Labute approximate surface area is 104 Å². The number of anilines is 2. The molecular weight excluding hydrogens is 245 g/mol. The summed E-state index contributed by atoms with van der Waals surface area (Å²) in [7, 11) is 0. The first kappa shape index (κ1) is 13.0. The minimum absolute atomic E-state index is 0.0772. The zero-order chi connectivity index (χ0) is 13.0. The van der Waals surface area contributed by atoms with Crippen LogP contribution in [0.25, 0.3) is 0 Å². The predicted molar refractivity (Wildman–Crippen MR) is 64.0 cm³/mol. The molecule has 0 amide bonds. The molecule has 0 radical (unpaired) electrons. The number of rotatable bonds is 4. The minimum atomic E-state index is -4.25. The molecule has 1 aromatic carbocycles. The van der Waals surface area contributed by atoms with Gasteiger partial charge in [0.25, 0.3) is 0 Å². The van der Waals surface area contributed by atoms with E-state index in [1.165, 1.54) is 0 Å². The van der Waals surface area contributed by atoms with Gasteiger partial charge in [-0.1, -0.05) is 12.1 Å². The average molecular weight is 260 g/mol. The normalized spacial score (nSPS) is 15.2. The number of ether oxygens (including phenoxy) is 1. The van der Waals surface area contributed by atoms with Gasteiger partial charge in [-0.2, -0.15) is 13.2 Å². The Hall–Kier alpha value is -1.43. The van der Waals surface area contributed by atoms with Crippen molar-refractivity contribution in [1.29, 1.82) is 0 Å². The van der Waals surface area contributed by atoms with Crippen LogP contribution in [0.3, 0.4) is 0 Å². The summed E-state index contributed by atoms with van der Waals surface area (Å²) in [4.78, 5) is 2.03. The van der Waals surface area contributed by atoms with Crippen LogP contribution in [0.5, 0.6) is 0 Å². The quantitative estimate of drug-likeness (QED) is 0.842. The van der Waals surface area contributed by atoms with Crippen LogP contribution in [-0.4, -0.2) is 39.0 Å². The van der Waals surface area contributed by atoms with E-state index in [0.29, 0.717) is 6.54 Å². The zero-order valence-electron chi connectivity index (χ0n) is 9.83. The standard InChI is InChI=1S/C12H15F3N2O/c13-12(14,15)9-18-8-7-17-6-5-16-10-3-1-2-4-11(10)17/h1-4,16H,5-9H2. The van der Waals surface area contributed by atoms with Crippen molar-refractivity contribution < 1.29 is 17.9 Å². The highest BCUT2D eigenvalue weighted by Gasteiger charge is 2.27. The molecule has 0 spiro atoms. The Morgan fingerprint density at radius 2 is 2.06 bits per heavy atom. The van der Waals surface area contributed by atoms with Crippen molar-refractivity contribution in [3.63, 3.8) is 0 Å². The molecule has 0 aliphatic carbocycles. The molecule has 1 heterocycles. The number of hydrogen-bond acceptors (Lipinski definition) is 3. The number of hydrogen-bond donors (Lipinski definition) is 1. The van der Waals surface area contributed by atoms with Gasteiger partial charge in [-0.05, 0) is 12.1 Å². The average Bonchev–Trinajstić information content (AvgIpc) is 2.33. The molecule has 3 nitrogen and oxygen atoms in total. The molecule has 0 saturated heterocycles. The maximum Gasteiger partial charge on any atom is 0.411 e. The van der Waals surface area contributed by atoms with E-state index in [-0.39, 0.29) is 6.61 Å². The van der Waals surface area contributed by atoms with Gasteiger partial charge in [0.2, 0.25) is 0 Å². The number of fused-ring (bicyclic) bond motifs is 1. The van der Waals surface area contributed by atoms with Crippen LogP contribution < -0.4 is 10.2 Å². The van der Waals surface area contributed by atoms with Crippen LogP contribution in [0.4, 0.5) is 24.5 Å². The molecule has 1 aliphatic rings. The van der Waals surface area contributed by atoms with Gasteiger partial charge in [-0.25, -0.2) is 0 Å². The lowest BCUT2D eigenvalue weighted by Gasteiger charge is -2.31. The molecule has 6 heteroatoms. The summed E-state index contributed by atoms with van der Waals surface area (Å²) in [5, 5.41) is 3.24. The van der Waals surface area contributed by atoms with Crippen molar-refractivity contribution in [3.8, 4) is 0 Å². The van der Waals surface area contributed by atoms with E-state index >= 15 is 0 Å². The molecule has 1 N–H and O–H groups in total. The van der Waals surface area contributed by atoms with E-state index in [9.17, 15) is 13.2 Å². The maximum absolute atomic E-state index is 11.9. The molecule has 0 aromatic heterocycles. The van der Waals surface area contributed by atoms with Crippen LogP contribution in [0, 0.1) is 0 Å². The molecule has 0 bridgehead atoms. The SMILES string of the molecule is FC(F)(F)COCCN1CCNc2ccccc21. The Bertz CT molecular complexity index is 395. The van der Waals surface area contributed by atoms with Crippen LogP contribution in [0.2, 0.25) is 0 Å². The van der Waals surface area contributed by atoms with Crippen LogP contribution >= 0.6 is 0 Å². The summed E-state index contributed by atoms with van der Waals surface area (Å²) in [6.45, 7) is 0.923. The highest BCUT2D eigenvalue weighted by molar-refractivity contribution is 5.71. The van der Waals surface area contributed by atoms with Gasteiger partial charge in [-0.15, -0.1) is 0 Å². The van der Waals surface area contributed by atoms with E-state index in [1.54, 1.807) is 0 Å². The van der Waals surface area contributed by atoms with Crippen molar-refractivity contribution in [2.24, 2.45) is 0 Å². The first-order valence-corrected chi connectivity index (χ1v) is 5.78. The third kappa shape index (κ3) is 3.53. The lowest BCUT2D eigenvalue weighted by Crippen LogP contribution is -2.36. The second-order valence-electron chi connectivity index (χ2n) is 4.10. The summed E-state index contributed by atoms with van der Waals surface area (Å²) in [6.07, 6.45) is -4.25. The van der Waals surface area contributed by atoms with Gasteiger partial charge >= 0.3 is 6.18 Å². The molecule has 0 atom stereocenters. The maximum atomic E-state index is 11.9. The molecule has 1 aliphatic heterocycles. The second-order valence-corrected chi connectivity index (χ2v) is 4.10. The van der Waals surface area contributed by atoms with Crippen LogP contribution in [0.15, 0.2) is 24.3 Å². The number of benzene rings is 1. The van der Waals surface area contributed by atoms with Gasteiger partial charge in [0, 0.05) is 19.6 Å². The van der Waals surface area contributed by atoms with Crippen molar-refractivity contribution in [3.05, 3.63) is 24.3 Å². The fourth-order valence-corrected chi connectivity index (χ4v) is 1.94. The second kappa shape index (κ2) is 5.48. The number of nitrogens with one attached hydrogen (secondary N) is 1. The summed E-state index contributed by atoms with van der Waals surface area (Å²) in [5.41, 5.74) is 2.03. The first-order chi connectivity index (χ1) is 8.56. The summed E-state index contributed by atoms with van der Waals surface area (Å²) in [6, 6.07) is 7.74. The Balaban J connectivity index is 1.84. The van der Waals surface area contributed by atoms with Gasteiger partial charge in [0.05, 0.1) is 18.0 Å². The molecule has 0 fully saturated rings. The van der Waals surface area contributed by atoms with Gasteiger partial charge < -0.3 is 15.0 Å². The Morgan fingerprint density at radius 1 is 1.28 bits per heavy atom. The van der Waals surface area contributed by atoms with E-state index < -0.39 is 12.8 Å². The number of alkyl halides is 3. The number of nitrogens with zero attached hydrogens (tertiary/aromatic N) is 1. The Kier molecular flexibility index (Phi) is 3.96. The van der Waals surface area contributed by atoms with Crippen molar-refractivity contribution in [2.45, 2.75) is 6.18 Å². The van der Waals surface area contributed by atoms with E-state index in [2.05, 4.69) is 10.1 Å². The fourth-order valence-electron chi connectivity index (χ4n) is 1.94. The third-order valence-corrected chi connectivity index (χ3v) is 2.71. The third-order valence-electron chi connectivity index (χ3n) is 2.71. The van der Waals surface area contributed by atoms with Gasteiger partial charge in [0.15, 0.2) is 0 Å². The lowest BCUT2D eigenvalue weighted by molar-refractivity contribution is -0.173. The molecular formula is C12H15F3N2O. The van der Waals surface area contributed by atoms with E-state index in [4.69, 9.17) is 0 Å². The summed E-state index contributed by atoms with van der Waals surface area (Å²) in [5.74, 6) is 0. The molecule has 0 saturated carbocycles. The van der Waals surface area contributed by atoms with Crippen LogP contribution in [-0.2, 0) is 4.74 Å². The zero-order valence-corrected chi connectivity index (χ0v) is 9.83. The lowest BCUT2D eigenvalue weighted by atomic mass is 10.2. The smallest absolute Gasteiger partial charge is 0.382 e. The monoisotopic (exact) mass is 260 g/mol. The van der Waals surface area contributed by atoms with E-state index in [0.717, 1.165) is 24.5 Å².